The van der Waals surface area contributed by atoms with Gasteiger partial charge in [-0.2, -0.15) is 9.97 Å². The topological polar surface area (TPSA) is 78.8 Å². The molecule has 0 aliphatic heterocycles. The van der Waals surface area contributed by atoms with Crippen molar-refractivity contribution in [1.82, 2.24) is 19.5 Å². The van der Waals surface area contributed by atoms with E-state index in [0.717, 1.165) is 6.32 Å². The van der Waals surface area contributed by atoms with E-state index in [-0.39, 0.29) is 5.95 Å². The van der Waals surface area contributed by atoms with Crippen LogP contribution in [0.15, 0.2) is 36.7 Å². The van der Waals surface area contributed by atoms with Crippen LogP contribution < -0.4 is 10.4 Å². The first-order valence-corrected chi connectivity index (χ1v) is 6.35. The molecule has 7 heteroatoms. The monoisotopic (exact) mass is 267 g/mol. The van der Waals surface area contributed by atoms with Crippen LogP contribution in [0.3, 0.4) is 0 Å². The van der Waals surface area contributed by atoms with Gasteiger partial charge in [-0.25, -0.2) is 4.98 Å². The van der Waals surface area contributed by atoms with Gasteiger partial charge < -0.3 is 15.0 Å². The molecular weight excluding hydrogens is 253 g/mol. The average Bonchev–Trinajstić information content (AvgIpc) is 2.82. The summed E-state index contributed by atoms with van der Waals surface area (Å²) >= 11 is 0. The maximum absolute atomic E-state index is 5.71. The van der Waals surface area contributed by atoms with Crippen molar-refractivity contribution in [2.45, 2.75) is 6.32 Å². The molecule has 0 saturated heterocycles. The summed E-state index contributed by atoms with van der Waals surface area (Å²) in [6, 6.07) is 10.1. The number of hydrogen-bond acceptors (Lipinski definition) is 5. The van der Waals surface area contributed by atoms with Crippen molar-refractivity contribution in [3.8, 4) is 5.88 Å². The second kappa shape index (κ2) is 5.20. The summed E-state index contributed by atoms with van der Waals surface area (Å²) in [4.78, 5) is 12.5. The third-order valence-electron chi connectivity index (χ3n) is 3.02. The molecule has 0 saturated carbocycles. The Kier molecular flexibility index (Phi) is 3.24. The zero-order chi connectivity index (χ0) is 13.9. The minimum atomic E-state index is 0.191. The molecule has 100 valence electrons. The van der Waals surface area contributed by atoms with E-state index in [2.05, 4.69) is 27.1 Å². The lowest BCUT2D eigenvalue weighted by atomic mass is 9.89. The molecular formula is C13H14BN5O. The van der Waals surface area contributed by atoms with Crippen LogP contribution >= 0.6 is 0 Å². The van der Waals surface area contributed by atoms with Crippen LogP contribution in [0.1, 0.15) is 5.56 Å². The lowest BCUT2D eigenvalue weighted by Gasteiger charge is -2.06. The predicted octanol–water partition coefficient (Wildman–Crippen LogP) is 0.876. The van der Waals surface area contributed by atoms with Crippen molar-refractivity contribution in [2.24, 2.45) is 7.05 Å². The van der Waals surface area contributed by atoms with Crippen molar-refractivity contribution in [3.63, 3.8) is 0 Å². The van der Waals surface area contributed by atoms with E-state index in [9.17, 15) is 0 Å². The first kappa shape index (κ1) is 12.5. The zero-order valence-corrected chi connectivity index (χ0v) is 11.2. The van der Waals surface area contributed by atoms with E-state index >= 15 is 0 Å². The molecule has 6 nitrogen and oxygen atoms in total. The summed E-state index contributed by atoms with van der Waals surface area (Å²) in [5.74, 6) is 0.625. The molecule has 3 aromatic rings. The SMILES string of the molecule is Cn1cnc2c(OBCc3ccccc3)nc(N)nc21. The number of imidazole rings is 1. The van der Waals surface area contributed by atoms with Crippen LogP contribution in [0.2, 0.25) is 0 Å². The zero-order valence-electron chi connectivity index (χ0n) is 11.2. The first-order valence-electron chi connectivity index (χ1n) is 6.35. The van der Waals surface area contributed by atoms with E-state index in [1.54, 1.807) is 10.9 Å². The second-order valence-electron chi connectivity index (χ2n) is 4.50. The van der Waals surface area contributed by atoms with E-state index in [1.807, 2.05) is 25.2 Å². The Morgan fingerprint density at radius 1 is 1.25 bits per heavy atom. The molecule has 0 aliphatic carbocycles. The standard InChI is InChI=1S/C13H14BN5O/c1-19-8-16-10-11(19)17-13(15)18-12(10)20-14-7-9-5-3-2-4-6-9/h2-6,8,14H,7H2,1H3,(H2,15,17,18). The largest absolute Gasteiger partial charge is 0.549 e. The van der Waals surface area contributed by atoms with Crippen LogP contribution in [0, 0.1) is 0 Å². The molecule has 0 unspecified atom stereocenters. The Balaban J connectivity index is 1.77. The lowest BCUT2D eigenvalue weighted by Crippen LogP contribution is -2.09. The molecule has 0 amide bonds. The molecule has 0 fully saturated rings. The van der Waals surface area contributed by atoms with Gasteiger partial charge in [-0.15, -0.1) is 0 Å². The number of nitrogens with zero attached hydrogens (tertiary/aromatic N) is 4. The van der Waals surface area contributed by atoms with Gasteiger partial charge in [-0.3, -0.25) is 0 Å². The van der Waals surface area contributed by atoms with E-state index in [1.165, 1.54) is 5.56 Å². The number of aromatic nitrogens is 4. The van der Waals surface area contributed by atoms with Gasteiger partial charge >= 0.3 is 7.48 Å². The van der Waals surface area contributed by atoms with Crippen LogP contribution in [0.25, 0.3) is 11.2 Å². The number of anilines is 1. The molecule has 2 aromatic heterocycles. The average molecular weight is 267 g/mol. The third kappa shape index (κ3) is 2.42. The Morgan fingerprint density at radius 2 is 2.05 bits per heavy atom. The molecule has 20 heavy (non-hydrogen) atoms. The maximum atomic E-state index is 5.71. The molecule has 0 atom stereocenters. The fourth-order valence-corrected chi connectivity index (χ4v) is 2.01. The molecule has 1 aromatic carbocycles. The number of rotatable bonds is 4. The van der Waals surface area contributed by atoms with Crippen molar-refractivity contribution >= 4 is 24.6 Å². The van der Waals surface area contributed by atoms with Gasteiger partial charge in [0.2, 0.25) is 11.8 Å². The summed E-state index contributed by atoms with van der Waals surface area (Å²) in [5, 5.41) is 0. The van der Waals surface area contributed by atoms with E-state index < -0.39 is 0 Å². The Morgan fingerprint density at radius 3 is 2.85 bits per heavy atom. The van der Waals surface area contributed by atoms with Crippen molar-refractivity contribution in [2.75, 3.05) is 5.73 Å². The van der Waals surface area contributed by atoms with Crippen LogP contribution in [0.4, 0.5) is 5.95 Å². The summed E-state index contributed by atoms with van der Waals surface area (Å²) < 4.78 is 7.50. The summed E-state index contributed by atoms with van der Waals surface area (Å²) in [7, 11) is 2.38. The summed E-state index contributed by atoms with van der Waals surface area (Å²) in [6.07, 6.45) is 2.47. The van der Waals surface area contributed by atoms with Gasteiger partial charge in [0.1, 0.15) is 0 Å². The number of benzene rings is 1. The van der Waals surface area contributed by atoms with E-state index in [4.69, 9.17) is 10.4 Å². The molecule has 0 radical (unpaired) electrons. The molecule has 0 bridgehead atoms. The highest BCUT2D eigenvalue weighted by Crippen LogP contribution is 2.20. The fraction of sp³-hybridized carbons (Fsp3) is 0.154. The normalized spacial score (nSPS) is 10.7. The first-order chi connectivity index (χ1) is 9.74. The van der Waals surface area contributed by atoms with Crippen molar-refractivity contribution in [1.29, 1.82) is 0 Å². The molecule has 2 N–H and O–H groups in total. The van der Waals surface area contributed by atoms with Crippen LogP contribution in [0.5, 0.6) is 5.88 Å². The minimum Gasteiger partial charge on any atom is -0.549 e. The lowest BCUT2D eigenvalue weighted by molar-refractivity contribution is 0.572. The fourth-order valence-electron chi connectivity index (χ4n) is 2.01. The van der Waals surface area contributed by atoms with Gasteiger partial charge in [0.15, 0.2) is 11.2 Å². The number of aryl methyl sites for hydroxylation is 1. The van der Waals surface area contributed by atoms with Gasteiger partial charge in [-0.1, -0.05) is 35.9 Å². The number of nitrogens with two attached hydrogens (primary N) is 1. The predicted molar refractivity (Wildman–Crippen MR) is 78.6 cm³/mol. The van der Waals surface area contributed by atoms with Crippen molar-refractivity contribution < 1.29 is 4.65 Å². The Bertz CT molecular complexity index is 728. The molecule has 0 spiro atoms. The van der Waals surface area contributed by atoms with Crippen molar-refractivity contribution in [3.05, 3.63) is 42.2 Å². The number of nitrogen functional groups attached to an aromatic ring is 1. The van der Waals surface area contributed by atoms with E-state index in [0.29, 0.717) is 24.5 Å². The second-order valence-corrected chi connectivity index (χ2v) is 4.50. The van der Waals surface area contributed by atoms with Crippen LogP contribution in [-0.4, -0.2) is 27.0 Å². The molecule has 0 aliphatic rings. The Hall–Kier alpha value is -2.57. The molecule has 3 rings (SSSR count). The van der Waals surface area contributed by atoms with Gasteiger partial charge in [-0.05, 0) is 6.32 Å². The summed E-state index contributed by atoms with van der Waals surface area (Å²) in [5.41, 5.74) is 8.21. The molecule has 2 heterocycles. The maximum Gasteiger partial charge on any atom is 0.346 e. The highest BCUT2D eigenvalue weighted by Gasteiger charge is 2.12. The van der Waals surface area contributed by atoms with Gasteiger partial charge in [0.05, 0.1) is 6.33 Å². The van der Waals surface area contributed by atoms with Crippen LogP contribution in [-0.2, 0) is 13.4 Å². The van der Waals surface area contributed by atoms with Gasteiger partial charge in [0, 0.05) is 7.05 Å². The minimum absolute atomic E-state index is 0.191. The summed E-state index contributed by atoms with van der Waals surface area (Å²) in [6.45, 7) is 0. The third-order valence-corrected chi connectivity index (χ3v) is 3.02. The van der Waals surface area contributed by atoms with Gasteiger partial charge in [0.25, 0.3) is 0 Å². The number of fused-ring (bicyclic) bond motifs is 1. The Labute approximate surface area is 116 Å². The highest BCUT2D eigenvalue weighted by atomic mass is 16.4. The highest BCUT2D eigenvalue weighted by molar-refractivity contribution is 6.28. The quantitative estimate of drug-likeness (QED) is 0.710. The smallest absolute Gasteiger partial charge is 0.346 e. The number of hydrogen-bond donors (Lipinski definition) is 1.